The first kappa shape index (κ1) is 28.3. The SMILES string of the molecule is CC(C)(C)OC(=O)N1Cc2c(-c3cnc4cc(F)ccn34)ccc(Nc3ccc(C4(C)CCOCC4)c(C#N)n3)c2C1=O. The Bertz CT molecular complexity index is 1810. The molecule has 1 N–H and O–H groups in total. The molecule has 0 bridgehead atoms. The highest BCUT2D eigenvalue weighted by Gasteiger charge is 2.39. The molecule has 0 atom stereocenters. The van der Waals surface area contributed by atoms with Crippen molar-refractivity contribution in [3.63, 3.8) is 0 Å². The van der Waals surface area contributed by atoms with E-state index in [0.29, 0.717) is 52.9 Å². The molecule has 1 saturated heterocycles. The van der Waals surface area contributed by atoms with E-state index >= 15 is 0 Å². The molecule has 11 heteroatoms. The Morgan fingerprint density at radius 3 is 2.67 bits per heavy atom. The first-order valence-corrected chi connectivity index (χ1v) is 14.1. The maximum atomic E-state index is 13.9. The number of hydrogen-bond donors (Lipinski definition) is 1. The monoisotopic (exact) mass is 582 g/mol. The number of rotatable bonds is 4. The molecule has 2 amide bonds. The van der Waals surface area contributed by atoms with Gasteiger partial charge in [0.2, 0.25) is 0 Å². The van der Waals surface area contributed by atoms with Crippen LogP contribution in [-0.2, 0) is 21.4 Å². The third-order valence-electron chi connectivity index (χ3n) is 7.96. The highest BCUT2D eigenvalue weighted by atomic mass is 19.1. The van der Waals surface area contributed by atoms with Gasteiger partial charge < -0.3 is 14.8 Å². The molecule has 0 saturated carbocycles. The number of aromatic nitrogens is 3. The van der Waals surface area contributed by atoms with Crippen LogP contribution in [0.4, 0.5) is 20.7 Å². The van der Waals surface area contributed by atoms with E-state index in [1.165, 1.54) is 12.1 Å². The minimum Gasteiger partial charge on any atom is -0.443 e. The number of nitrogens with zero attached hydrogens (tertiary/aromatic N) is 5. The van der Waals surface area contributed by atoms with Crippen LogP contribution in [0, 0.1) is 17.1 Å². The Hall–Kier alpha value is -4.82. The highest BCUT2D eigenvalue weighted by molar-refractivity contribution is 6.11. The summed E-state index contributed by atoms with van der Waals surface area (Å²) >= 11 is 0. The molecule has 10 nitrogen and oxygen atoms in total. The molecule has 6 rings (SSSR count). The van der Waals surface area contributed by atoms with Gasteiger partial charge in [0.15, 0.2) is 0 Å². The van der Waals surface area contributed by atoms with Crippen molar-refractivity contribution in [1.82, 2.24) is 19.3 Å². The Morgan fingerprint density at radius 1 is 1.19 bits per heavy atom. The molecule has 4 aromatic rings. The van der Waals surface area contributed by atoms with Crippen LogP contribution in [0.2, 0.25) is 0 Å². The fourth-order valence-corrected chi connectivity index (χ4v) is 5.72. The van der Waals surface area contributed by atoms with Crippen LogP contribution >= 0.6 is 0 Å². The number of ether oxygens (including phenoxy) is 2. The van der Waals surface area contributed by atoms with Crippen LogP contribution in [-0.4, -0.2) is 50.1 Å². The summed E-state index contributed by atoms with van der Waals surface area (Å²) in [5, 5.41) is 13.2. The van der Waals surface area contributed by atoms with Crippen LogP contribution in [0.25, 0.3) is 16.9 Å². The lowest BCUT2D eigenvalue weighted by Crippen LogP contribution is -2.37. The number of benzene rings is 1. The van der Waals surface area contributed by atoms with Gasteiger partial charge in [-0.05, 0) is 68.4 Å². The summed E-state index contributed by atoms with van der Waals surface area (Å²) < 4.78 is 26.7. The highest BCUT2D eigenvalue weighted by Crippen LogP contribution is 2.40. The molecule has 0 radical (unpaired) electrons. The second kappa shape index (κ2) is 10.5. The van der Waals surface area contributed by atoms with Crippen molar-refractivity contribution in [1.29, 1.82) is 5.26 Å². The van der Waals surface area contributed by atoms with Gasteiger partial charge in [-0.25, -0.2) is 24.1 Å². The van der Waals surface area contributed by atoms with Crippen LogP contribution in [0.15, 0.2) is 48.8 Å². The maximum Gasteiger partial charge on any atom is 0.417 e. The van der Waals surface area contributed by atoms with Crippen molar-refractivity contribution in [3.05, 3.63) is 77.0 Å². The number of imide groups is 1. The van der Waals surface area contributed by atoms with Crippen molar-refractivity contribution in [2.75, 3.05) is 18.5 Å². The van der Waals surface area contributed by atoms with Crippen molar-refractivity contribution in [3.8, 4) is 17.3 Å². The molecule has 1 aromatic carbocycles. The second-order valence-electron chi connectivity index (χ2n) is 12.1. The molecule has 1 fully saturated rings. The number of nitriles is 1. The van der Waals surface area contributed by atoms with Crippen molar-refractivity contribution in [2.45, 2.75) is 58.1 Å². The summed E-state index contributed by atoms with van der Waals surface area (Å²) in [6.07, 6.45) is 3.99. The van der Waals surface area contributed by atoms with Gasteiger partial charge in [-0.2, -0.15) is 5.26 Å². The summed E-state index contributed by atoms with van der Waals surface area (Å²) in [6, 6.07) is 12.1. The van der Waals surface area contributed by atoms with E-state index in [-0.39, 0.29) is 17.5 Å². The predicted molar refractivity (Wildman–Crippen MR) is 156 cm³/mol. The number of halogens is 1. The fourth-order valence-electron chi connectivity index (χ4n) is 5.72. The fraction of sp³-hybridized carbons (Fsp3) is 0.344. The third-order valence-corrected chi connectivity index (χ3v) is 7.96. The van der Waals surface area contributed by atoms with Gasteiger partial charge in [-0.3, -0.25) is 9.20 Å². The number of fused-ring (bicyclic) bond motifs is 2. The van der Waals surface area contributed by atoms with E-state index in [0.717, 1.165) is 23.3 Å². The van der Waals surface area contributed by atoms with Crippen LogP contribution in [0.5, 0.6) is 0 Å². The maximum absolute atomic E-state index is 13.9. The average molecular weight is 583 g/mol. The summed E-state index contributed by atoms with van der Waals surface area (Å²) in [4.78, 5) is 36.9. The average Bonchev–Trinajstić information content (AvgIpc) is 3.53. The summed E-state index contributed by atoms with van der Waals surface area (Å²) in [5.74, 6) is -0.554. The minimum atomic E-state index is -0.803. The number of amides is 2. The van der Waals surface area contributed by atoms with Crippen molar-refractivity contribution in [2.24, 2.45) is 0 Å². The first-order valence-electron chi connectivity index (χ1n) is 14.1. The van der Waals surface area contributed by atoms with Gasteiger partial charge in [0, 0.05) is 31.0 Å². The predicted octanol–water partition coefficient (Wildman–Crippen LogP) is 6.11. The summed E-state index contributed by atoms with van der Waals surface area (Å²) in [5.41, 5.74) is 3.13. The quantitative estimate of drug-likeness (QED) is 0.306. The molecule has 2 aliphatic rings. The van der Waals surface area contributed by atoms with Crippen LogP contribution in [0.3, 0.4) is 0 Å². The second-order valence-corrected chi connectivity index (χ2v) is 12.1. The number of hydrogen-bond acceptors (Lipinski definition) is 8. The molecule has 220 valence electrons. The normalized spacial score (nSPS) is 16.2. The lowest BCUT2D eigenvalue weighted by molar-refractivity contribution is 0.0248. The van der Waals surface area contributed by atoms with Gasteiger partial charge in [-0.15, -0.1) is 0 Å². The standard InChI is InChI=1S/C32H31FN6O4/c1-31(2,3)43-30(41)39-18-21-20(25-17-35-27-15-19(33)9-12-38(25)27)5-7-23(28(21)29(39)40)36-26-8-6-22(24(16-34)37-26)32(4)10-13-42-14-11-32/h5-9,12,15,17H,10-11,13-14,18H2,1-4H3,(H,36,37). The zero-order chi connectivity index (χ0) is 30.5. The van der Waals surface area contributed by atoms with Crippen molar-refractivity contribution >= 4 is 29.2 Å². The number of anilines is 2. The minimum absolute atomic E-state index is 0.0292. The Labute approximate surface area is 248 Å². The molecular formula is C32H31FN6O4. The smallest absolute Gasteiger partial charge is 0.417 e. The Balaban J connectivity index is 1.42. The molecule has 2 aliphatic heterocycles. The number of pyridine rings is 2. The van der Waals surface area contributed by atoms with E-state index in [9.17, 15) is 19.2 Å². The summed E-state index contributed by atoms with van der Waals surface area (Å²) in [6.45, 7) is 8.53. The lowest BCUT2D eigenvalue weighted by atomic mass is 9.75. The molecule has 43 heavy (non-hydrogen) atoms. The van der Waals surface area contributed by atoms with E-state index in [2.05, 4.69) is 28.3 Å². The van der Waals surface area contributed by atoms with Gasteiger partial charge in [0.1, 0.15) is 34.6 Å². The van der Waals surface area contributed by atoms with Gasteiger partial charge in [0.05, 0.1) is 29.7 Å². The van der Waals surface area contributed by atoms with Gasteiger partial charge in [0.25, 0.3) is 5.91 Å². The molecular weight excluding hydrogens is 551 g/mol. The number of imidazole rings is 1. The third kappa shape index (κ3) is 5.19. The zero-order valence-electron chi connectivity index (χ0n) is 24.4. The van der Waals surface area contributed by atoms with E-state index in [1.807, 2.05) is 12.1 Å². The van der Waals surface area contributed by atoms with Gasteiger partial charge >= 0.3 is 6.09 Å². The number of carbonyl (C=O) groups is 2. The Morgan fingerprint density at radius 2 is 1.95 bits per heavy atom. The van der Waals surface area contributed by atoms with Crippen LogP contribution in [0.1, 0.15) is 67.7 Å². The molecule has 0 spiro atoms. The molecule has 3 aromatic heterocycles. The van der Waals surface area contributed by atoms with Gasteiger partial charge in [-0.1, -0.05) is 19.1 Å². The van der Waals surface area contributed by atoms with Crippen molar-refractivity contribution < 1.29 is 23.5 Å². The first-order chi connectivity index (χ1) is 20.5. The number of carbonyl (C=O) groups excluding carboxylic acids is 2. The number of nitrogens with one attached hydrogen (secondary N) is 1. The van der Waals surface area contributed by atoms with E-state index in [4.69, 9.17) is 9.47 Å². The van der Waals surface area contributed by atoms with E-state index in [1.54, 1.807) is 49.7 Å². The van der Waals surface area contributed by atoms with Crippen LogP contribution < -0.4 is 5.32 Å². The molecule has 5 heterocycles. The summed E-state index contributed by atoms with van der Waals surface area (Å²) in [7, 11) is 0. The molecule has 0 aliphatic carbocycles. The largest absolute Gasteiger partial charge is 0.443 e. The van der Waals surface area contributed by atoms with E-state index < -0.39 is 23.4 Å². The zero-order valence-corrected chi connectivity index (χ0v) is 24.4. The lowest BCUT2D eigenvalue weighted by Gasteiger charge is -2.34. The Kier molecular flexibility index (Phi) is 6.89. The molecule has 0 unspecified atom stereocenters. The topological polar surface area (TPSA) is 122 Å².